The van der Waals surface area contributed by atoms with Crippen LogP contribution in [0.2, 0.25) is 0 Å². The van der Waals surface area contributed by atoms with E-state index in [0.29, 0.717) is 0 Å². The van der Waals surface area contributed by atoms with E-state index in [1.54, 1.807) is 13.0 Å². The van der Waals surface area contributed by atoms with Crippen molar-refractivity contribution in [1.29, 1.82) is 0 Å². The predicted octanol–water partition coefficient (Wildman–Crippen LogP) is 5.47. The molecule has 31 heavy (non-hydrogen) atoms. The lowest BCUT2D eigenvalue weighted by Crippen LogP contribution is -2.62. The zero-order chi connectivity index (χ0) is 21.8. The predicted molar refractivity (Wildman–Crippen MR) is 119 cm³/mol. The van der Waals surface area contributed by atoms with E-state index in [2.05, 4.69) is 4.98 Å². The molecule has 154 valence electrons. The van der Waals surface area contributed by atoms with E-state index in [4.69, 9.17) is 0 Å². The molecular formula is C27H22FNO2. The standard InChI is InChI=1S/C27H22FNO2/c1-16-20-15-19(28)13-14-21(20)29-24(16)22(17-9-5-3-6-10-17)23-25(30)27(2,26(23)31)18-11-7-4-8-12-18/h3-15,22-23,29H,1-2H3. The van der Waals surface area contributed by atoms with Crippen molar-refractivity contribution >= 4 is 22.5 Å². The highest BCUT2D eigenvalue weighted by Crippen LogP contribution is 2.49. The van der Waals surface area contributed by atoms with Gasteiger partial charge in [-0.15, -0.1) is 0 Å². The van der Waals surface area contributed by atoms with E-state index in [9.17, 15) is 14.0 Å². The number of benzene rings is 3. The van der Waals surface area contributed by atoms with E-state index in [0.717, 1.165) is 33.3 Å². The maximum Gasteiger partial charge on any atom is 0.162 e. The summed E-state index contributed by atoms with van der Waals surface area (Å²) < 4.78 is 13.9. The highest BCUT2D eigenvalue weighted by atomic mass is 19.1. The van der Waals surface area contributed by atoms with Gasteiger partial charge < -0.3 is 4.98 Å². The molecule has 1 atom stereocenters. The molecule has 0 amide bonds. The average Bonchev–Trinajstić information content (AvgIpc) is 3.13. The van der Waals surface area contributed by atoms with Crippen molar-refractivity contribution in [1.82, 2.24) is 4.98 Å². The number of carbonyl (C=O) groups is 2. The number of nitrogens with one attached hydrogen (secondary N) is 1. The lowest BCUT2D eigenvalue weighted by Gasteiger charge is -2.45. The summed E-state index contributed by atoms with van der Waals surface area (Å²) in [5.41, 5.74) is 2.92. The number of Topliss-reactive ketones (excluding diaryl/α,β-unsaturated/α-hetero) is 2. The largest absolute Gasteiger partial charge is 0.358 e. The molecule has 1 unspecified atom stereocenters. The Morgan fingerprint density at radius 1 is 0.903 bits per heavy atom. The molecule has 0 spiro atoms. The second kappa shape index (κ2) is 7.02. The molecule has 1 fully saturated rings. The van der Waals surface area contributed by atoms with Crippen molar-refractivity contribution in [3.05, 3.63) is 107 Å². The second-order valence-corrected chi connectivity index (χ2v) is 8.44. The van der Waals surface area contributed by atoms with Gasteiger partial charge in [0, 0.05) is 22.5 Å². The van der Waals surface area contributed by atoms with Gasteiger partial charge in [0.1, 0.15) is 11.2 Å². The molecule has 1 saturated carbocycles. The van der Waals surface area contributed by atoms with Gasteiger partial charge in [-0.05, 0) is 48.7 Å². The first-order valence-corrected chi connectivity index (χ1v) is 10.4. The Hall–Kier alpha value is -3.53. The molecule has 4 heteroatoms. The number of fused-ring (bicyclic) bond motifs is 1. The number of H-pyrrole nitrogens is 1. The van der Waals surface area contributed by atoms with Crippen molar-refractivity contribution in [3.63, 3.8) is 0 Å². The van der Waals surface area contributed by atoms with E-state index < -0.39 is 17.3 Å². The molecule has 3 aromatic carbocycles. The fourth-order valence-electron chi connectivity index (χ4n) is 4.96. The number of ketones is 2. The van der Waals surface area contributed by atoms with Gasteiger partial charge in [0.25, 0.3) is 0 Å². The van der Waals surface area contributed by atoms with Gasteiger partial charge in [0.2, 0.25) is 0 Å². The van der Waals surface area contributed by atoms with Crippen molar-refractivity contribution in [3.8, 4) is 0 Å². The third-order valence-electron chi connectivity index (χ3n) is 6.76. The highest BCUT2D eigenvalue weighted by molar-refractivity contribution is 6.32. The molecule has 5 rings (SSSR count). The molecule has 0 aliphatic heterocycles. The van der Waals surface area contributed by atoms with Gasteiger partial charge in [0.15, 0.2) is 11.6 Å². The molecule has 1 heterocycles. The normalized spacial score (nSPS) is 21.8. The van der Waals surface area contributed by atoms with Gasteiger partial charge in [0.05, 0.1) is 5.92 Å². The van der Waals surface area contributed by atoms with Gasteiger partial charge >= 0.3 is 0 Å². The first kappa shape index (κ1) is 19.4. The zero-order valence-corrected chi connectivity index (χ0v) is 17.4. The molecule has 1 aliphatic carbocycles. The van der Waals surface area contributed by atoms with Gasteiger partial charge in [-0.25, -0.2) is 4.39 Å². The fourth-order valence-corrected chi connectivity index (χ4v) is 4.96. The maximum absolute atomic E-state index is 13.9. The Labute approximate surface area is 179 Å². The van der Waals surface area contributed by atoms with Crippen molar-refractivity contribution in [2.75, 3.05) is 0 Å². The molecular weight excluding hydrogens is 389 g/mol. The quantitative estimate of drug-likeness (QED) is 0.453. The minimum absolute atomic E-state index is 0.0817. The number of aryl methyl sites for hydroxylation is 1. The Bertz CT molecular complexity index is 1290. The number of aromatic nitrogens is 1. The second-order valence-electron chi connectivity index (χ2n) is 8.44. The first-order valence-electron chi connectivity index (χ1n) is 10.4. The summed E-state index contributed by atoms with van der Waals surface area (Å²) in [6.45, 7) is 3.63. The molecule has 1 N–H and O–H groups in total. The lowest BCUT2D eigenvalue weighted by molar-refractivity contribution is -0.153. The van der Waals surface area contributed by atoms with E-state index in [1.807, 2.05) is 67.6 Å². The third-order valence-corrected chi connectivity index (χ3v) is 6.76. The number of rotatable bonds is 4. The van der Waals surface area contributed by atoms with Crippen LogP contribution in [0, 0.1) is 18.7 Å². The summed E-state index contributed by atoms with van der Waals surface area (Å²) in [4.78, 5) is 30.5. The Morgan fingerprint density at radius 3 is 2.16 bits per heavy atom. The third kappa shape index (κ3) is 2.78. The molecule has 4 aromatic rings. The smallest absolute Gasteiger partial charge is 0.162 e. The van der Waals surface area contributed by atoms with Gasteiger partial charge in [-0.1, -0.05) is 60.7 Å². The lowest BCUT2D eigenvalue weighted by atomic mass is 9.53. The minimum Gasteiger partial charge on any atom is -0.358 e. The number of carbonyl (C=O) groups excluding carboxylic acids is 2. The van der Waals surface area contributed by atoms with Crippen LogP contribution in [0.4, 0.5) is 4.39 Å². The van der Waals surface area contributed by atoms with Crippen LogP contribution in [0.1, 0.15) is 35.2 Å². The summed E-state index contributed by atoms with van der Waals surface area (Å²) in [6, 6.07) is 23.4. The van der Waals surface area contributed by atoms with Crippen molar-refractivity contribution in [2.45, 2.75) is 25.2 Å². The fraction of sp³-hybridized carbons (Fsp3) is 0.185. The minimum atomic E-state index is -1.13. The number of halogens is 1. The number of aromatic amines is 1. The van der Waals surface area contributed by atoms with E-state index in [1.165, 1.54) is 12.1 Å². The highest BCUT2D eigenvalue weighted by Gasteiger charge is 2.62. The Kier molecular flexibility index (Phi) is 4.40. The van der Waals surface area contributed by atoms with Crippen molar-refractivity contribution in [2.24, 2.45) is 5.92 Å². The molecule has 0 radical (unpaired) electrons. The van der Waals surface area contributed by atoms with Crippen LogP contribution in [-0.2, 0) is 15.0 Å². The molecule has 0 saturated heterocycles. The van der Waals surface area contributed by atoms with Gasteiger partial charge in [-0.3, -0.25) is 9.59 Å². The van der Waals surface area contributed by atoms with Crippen LogP contribution in [0.15, 0.2) is 78.9 Å². The number of hydrogen-bond donors (Lipinski definition) is 1. The average molecular weight is 411 g/mol. The summed E-state index contributed by atoms with van der Waals surface area (Å²) in [7, 11) is 0. The van der Waals surface area contributed by atoms with Crippen LogP contribution in [0.3, 0.4) is 0 Å². The number of hydrogen-bond acceptors (Lipinski definition) is 2. The van der Waals surface area contributed by atoms with E-state index >= 15 is 0 Å². The summed E-state index contributed by atoms with van der Waals surface area (Å²) in [5, 5.41) is 0.765. The van der Waals surface area contributed by atoms with Crippen LogP contribution in [0.25, 0.3) is 10.9 Å². The van der Waals surface area contributed by atoms with Crippen LogP contribution < -0.4 is 0 Å². The van der Waals surface area contributed by atoms with Crippen LogP contribution in [0.5, 0.6) is 0 Å². The maximum atomic E-state index is 13.9. The summed E-state index contributed by atoms with van der Waals surface area (Å²) in [5.74, 6) is -1.72. The first-order chi connectivity index (χ1) is 14.9. The molecule has 1 aromatic heterocycles. The van der Waals surface area contributed by atoms with Crippen LogP contribution >= 0.6 is 0 Å². The van der Waals surface area contributed by atoms with Crippen molar-refractivity contribution < 1.29 is 14.0 Å². The summed E-state index contributed by atoms with van der Waals surface area (Å²) >= 11 is 0. The molecule has 3 nitrogen and oxygen atoms in total. The Balaban J connectivity index is 1.65. The zero-order valence-electron chi connectivity index (χ0n) is 17.4. The van der Waals surface area contributed by atoms with Crippen LogP contribution in [-0.4, -0.2) is 16.6 Å². The van der Waals surface area contributed by atoms with E-state index in [-0.39, 0.29) is 17.4 Å². The van der Waals surface area contributed by atoms with Gasteiger partial charge in [-0.2, -0.15) is 0 Å². The SMILES string of the molecule is Cc1c(C(c2ccccc2)C2C(=O)C(C)(c3ccccc3)C2=O)[nH]c2ccc(F)cc12. The summed E-state index contributed by atoms with van der Waals surface area (Å²) in [6.07, 6.45) is 0. The topological polar surface area (TPSA) is 49.9 Å². The molecule has 0 bridgehead atoms. The Morgan fingerprint density at radius 2 is 1.52 bits per heavy atom. The molecule has 1 aliphatic rings. The monoisotopic (exact) mass is 411 g/mol.